The number of rotatable bonds is 4. The molecule has 110 valence electrons. The third kappa shape index (κ3) is 5.01. The van der Waals surface area contributed by atoms with E-state index in [0.717, 1.165) is 49.6 Å². The Hall–Kier alpha value is -0.690. The van der Waals surface area contributed by atoms with Crippen LogP contribution in [0.4, 0.5) is 5.69 Å². The van der Waals surface area contributed by atoms with Crippen molar-refractivity contribution in [2.75, 3.05) is 44.7 Å². The van der Waals surface area contributed by atoms with Crippen LogP contribution in [0.1, 0.15) is 5.56 Å². The molecular weight excluding hydrogens is 338 g/mol. The van der Waals surface area contributed by atoms with Crippen molar-refractivity contribution in [3.8, 4) is 0 Å². The van der Waals surface area contributed by atoms with E-state index in [4.69, 9.17) is 17.0 Å². The van der Waals surface area contributed by atoms with Crippen LogP contribution in [-0.2, 0) is 4.74 Å². The average molecular weight is 358 g/mol. The number of aryl methyl sites for hydroxylation is 1. The van der Waals surface area contributed by atoms with Gasteiger partial charge in [-0.15, -0.1) is 0 Å². The Morgan fingerprint density at radius 1 is 1.40 bits per heavy atom. The molecule has 0 spiro atoms. The Kier molecular flexibility index (Phi) is 6.22. The third-order valence-corrected chi connectivity index (χ3v) is 4.09. The monoisotopic (exact) mass is 357 g/mol. The maximum Gasteiger partial charge on any atom is 0.170 e. The molecule has 1 aliphatic heterocycles. The first-order valence-electron chi connectivity index (χ1n) is 6.76. The van der Waals surface area contributed by atoms with Crippen molar-refractivity contribution in [3.63, 3.8) is 0 Å². The number of ether oxygens (including phenoxy) is 1. The van der Waals surface area contributed by atoms with Crippen molar-refractivity contribution in [1.82, 2.24) is 10.2 Å². The summed E-state index contributed by atoms with van der Waals surface area (Å²) in [5.41, 5.74) is 2.20. The summed E-state index contributed by atoms with van der Waals surface area (Å²) < 4.78 is 6.35. The van der Waals surface area contributed by atoms with Crippen molar-refractivity contribution < 1.29 is 4.74 Å². The van der Waals surface area contributed by atoms with Crippen molar-refractivity contribution >= 4 is 38.9 Å². The molecule has 0 unspecified atom stereocenters. The van der Waals surface area contributed by atoms with Gasteiger partial charge in [0.25, 0.3) is 0 Å². The highest BCUT2D eigenvalue weighted by Crippen LogP contribution is 2.23. The minimum atomic E-state index is 0.655. The van der Waals surface area contributed by atoms with E-state index < -0.39 is 0 Å². The lowest BCUT2D eigenvalue weighted by Gasteiger charge is -2.26. The number of nitrogens with one attached hydrogen (secondary N) is 2. The lowest BCUT2D eigenvalue weighted by molar-refractivity contribution is 0.0389. The zero-order valence-corrected chi connectivity index (χ0v) is 14.0. The van der Waals surface area contributed by atoms with Crippen LogP contribution in [0.15, 0.2) is 22.7 Å². The van der Waals surface area contributed by atoms with Gasteiger partial charge in [0.15, 0.2) is 5.11 Å². The minimum absolute atomic E-state index is 0.655. The van der Waals surface area contributed by atoms with Gasteiger partial charge in [0.1, 0.15) is 0 Å². The Morgan fingerprint density at radius 3 is 2.85 bits per heavy atom. The smallest absolute Gasteiger partial charge is 0.170 e. The quantitative estimate of drug-likeness (QED) is 0.809. The van der Waals surface area contributed by atoms with Crippen molar-refractivity contribution in [2.45, 2.75) is 6.92 Å². The minimum Gasteiger partial charge on any atom is -0.379 e. The highest BCUT2D eigenvalue weighted by molar-refractivity contribution is 9.10. The average Bonchev–Trinajstić information content (AvgIpc) is 2.43. The van der Waals surface area contributed by atoms with Gasteiger partial charge in [0, 0.05) is 30.7 Å². The standard InChI is InChI=1S/C14H20BrN3OS/c1-11-2-3-13(12(15)10-11)17-14(20)16-4-5-18-6-8-19-9-7-18/h2-3,10H,4-9H2,1H3,(H2,16,17,20). The van der Waals surface area contributed by atoms with Gasteiger partial charge in [-0.3, -0.25) is 4.90 Å². The molecule has 0 atom stereocenters. The Bertz CT molecular complexity index is 464. The molecule has 1 fully saturated rings. The second-order valence-electron chi connectivity index (χ2n) is 4.82. The second-order valence-corrected chi connectivity index (χ2v) is 6.08. The zero-order chi connectivity index (χ0) is 14.4. The van der Waals surface area contributed by atoms with Crippen LogP contribution in [0.2, 0.25) is 0 Å². The van der Waals surface area contributed by atoms with Crippen LogP contribution < -0.4 is 10.6 Å². The molecular formula is C14H20BrN3OS. The lowest BCUT2D eigenvalue weighted by atomic mass is 10.2. The largest absolute Gasteiger partial charge is 0.379 e. The molecule has 1 heterocycles. The van der Waals surface area contributed by atoms with E-state index in [9.17, 15) is 0 Å². The Morgan fingerprint density at radius 2 is 2.15 bits per heavy atom. The second kappa shape index (κ2) is 7.93. The molecule has 0 bridgehead atoms. The van der Waals surface area contributed by atoms with Crippen LogP contribution in [-0.4, -0.2) is 49.4 Å². The van der Waals surface area contributed by atoms with Crippen molar-refractivity contribution in [3.05, 3.63) is 28.2 Å². The number of thiocarbonyl (C=S) groups is 1. The number of anilines is 1. The van der Waals surface area contributed by atoms with Gasteiger partial charge >= 0.3 is 0 Å². The molecule has 0 amide bonds. The van der Waals surface area contributed by atoms with Gasteiger partial charge in [-0.25, -0.2) is 0 Å². The molecule has 0 aliphatic carbocycles. The van der Waals surface area contributed by atoms with Crippen LogP contribution in [0.25, 0.3) is 0 Å². The highest BCUT2D eigenvalue weighted by Gasteiger charge is 2.09. The lowest BCUT2D eigenvalue weighted by Crippen LogP contribution is -2.42. The van der Waals surface area contributed by atoms with Crippen LogP contribution >= 0.6 is 28.1 Å². The first-order valence-corrected chi connectivity index (χ1v) is 7.96. The fourth-order valence-corrected chi connectivity index (χ4v) is 2.84. The van der Waals surface area contributed by atoms with E-state index >= 15 is 0 Å². The molecule has 0 aromatic heterocycles. The predicted molar refractivity (Wildman–Crippen MR) is 90.4 cm³/mol. The summed E-state index contributed by atoms with van der Waals surface area (Å²) in [6.45, 7) is 7.57. The van der Waals surface area contributed by atoms with E-state index in [2.05, 4.69) is 50.5 Å². The van der Waals surface area contributed by atoms with E-state index in [0.29, 0.717) is 5.11 Å². The van der Waals surface area contributed by atoms with Gasteiger partial charge in [-0.2, -0.15) is 0 Å². The maximum atomic E-state index is 5.32. The number of nitrogens with zero attached hydrogens (tertiary/aromatic N) is 1. The molecule has 2 rings (SSSR count). The molecule has 6 heteroatoms. The summed E-state index contributed by atoms with van der Waals surface area (Å²) in [6, 6.07) is 6.15. The van der Waals surface area contributed by atoms with E-state index in [-0.39, 0.29) is 0 Å². The first kappa shape index (κ1) is 15.7. The third-order valence-electron chi connectivity index (χ3n) is 3.19. The zero-order valence-electron chi connectivity index (χ0n) is 11.6. The fraction of sp³-hybridized carbons (Fsp3) is 0.500. The molecule has 1 saturated heterocycles. The summed E-state index contributed by atoms with van der Waals surface area (Å²) in [6.07, 6.45) is 0. The molecule has 0 radical (unpaired) electrons. The predicted octanol–water partition coefficient (Wildman–Crippen LogP) is 2.38. The number of halogens is 1. The summed E-state index contributed by atoms with van der Waals surface area (Å²) >= 11 is 8.84. The van der Waals surface area contributed by atoms with Gasteiger partial charge in [0.05, 0.1) is 18.9 Å². The SMILES string of the molecule is Cc1ccc(NC(=S)NCCN2CCOCC2)c(Br)c1. The first-order chi connectivity index (χ1) is 9.65. The van der Waals surface area contributed by atoms with E-state index in [1.807, 2.05) is 6.07 Å². The van der Waals surface area contributed by atoms with Gasteiger partial charge in [-0.05, 0) is 52.8 Å². The van der Waals surface area contributed by atoms with Gasteiger partial charge in [0.2, 0.25) is 0 Å². The Balaban J connectivity index is 1.72. The number of hydrogen-bond donors (Lipinski definition) is 2. The van der Waals surface area contributed by atoms with E-state index in [1.54, 1.807) is 0 Å². The fourth-order valence-electron chi connectivity index (χ4n) is 2.04. The molecule has 0 saturated carbocycles. The van der Waals surface area contributed by atoms with Crippen molar-refractivity contribution in [2.24, 2.45) is 0 Å². The van der Waals surface area contributed by atoms with Crippen LogP contribution in [0.5, 0.6) is 0 Å². The van der Waals surface area contributed by atoms with Crippen molar-refractivity contribution in [1.29, 1.82) is 0 Å². The van der Waals surface area contributed by atoms with Crippen LogP contribution in [0, 0.1) is 6.92 Å². The molecule has 20 heavy (non-hydrogen) atoms. The molecule has 4 nitrogen and oxygen atoms in total. The molecule has 1 aromatic carbocycles. The van der Waals surface area contributed by atoms with Crippen LogP contribution in [0.3, 0.4) is 0 Å². The topological polar surface area (TPSA) is 36.5 Å². The Labute approximate surface area is 134 Å². The number of hydrogen-bond acceptors (Lipinski definition) is 3. The molecule has 1 aliphatic rings. The normalized spacial score (nSPS) is 15.9. The summed E-state index contributed by atoms with van der Waals surface area (Å²) in [4.78, 5) is 2.38. The van der Waals surface area contributed by atoms with Gasteiger partial charge < -0.3 is 15.4 Å². The summed E-state index contributed by atoms with van der Waals surface area (Å²) in [5, 5.41) is 7.10. The number of morpholine rings is 1. The summed E-state index contributed by atoms with van der Waals surface area (Å²) in [5.74, 6) is 0. The summed E-state index contributed by atoms with van der Waals surface area (Å²) in [7, 11) is 0. The molecule has 2 N–H and O–H groups in total. The maximum absolute atomic E-state index is 5.32. The highest BCUT2D eigenvalue weighted by atomic mass is 79.9. The number of benzene rings is 1. The van der Waals surface area contributed by atoms with Gasteiger partial charge in [-0.1, -0.05) is 6.07 Å². The molecule has 1 aromatic rings. The van der Waals surface area contributed by atoms with E-state index in [1.165, 1.54) is 5.56 Å².